The van der Waals surface area contributed by atoms with Gasteiger partial charge in [0, 0.05) is 32.4 Å². The van der Waals surface area contributed by atoms with Crippen molar-refractivity contribution in [2.75, 3.05) is 37.3 Å². The van der Waals surface area contributed by atoms with Crippen LogP contribution < -0.4 is 4.90 Å². The van der Waals surface area contributed by atoms with Gasteiger partial charge in [0.25, 0.3) is 5.91 Å². The predicted octanol–water partition coefficient (Wildman–Crippen LogP) is 2.21. The topological polar surface area (TPSA) is 62.2 Å². The third kappa shape index (κ3) is 3.56. The van der Waals surface area contributed by atoms with Crippen LogP contribution in [0, 0.1) is 0 Å². The lowest BCUT2D eigenvalue weighted by atomic mass is 10.2. The number of pyridine rings is 1. The fourth-order valence-corrected chi connectivity index (χ4v) is 2.94. The molecular formula is C15H16ClN5OS. The van der Waals surface area contributed by atoms with Gasteiger partial charge in [-0.15, -0.1) is 0 Å². The molecule has 1 fully saturated rings. The minimum absolute atomic E-state index is 0.145. The molecule has 0 N–H and O–H groups in total. The van der Waals surface area contributed by atoms with E-state index in [2.05, 4.69) is 19.9 Å². The van der Waals surface area contributed by atoms with Gasteiger partial charge in [0.1, 0.15) is 5.82 Å². The average molecular weight is 350 g/mol. The number of hydrogen-bond donors (Lipinski definition) is 0. The molecule has 0 spiro atoms. The monoisotopic (exact) mass is 349 g/mol. The smallest absolute Gasteiger partial charge is 0.274 e. The molecule has 3 rings (SSSR count). The minimum Gasteiger partial charge on any atom is -0.353 e. The number of carbonyl (C=O) groups excluding carboxylic acids is 1. The van der Waals surface area contributed by atoms with Crippen LogP contribution in [0.2, 0.25) is 5.02 Å². The molecule has 3 heterocycles. The second-order valence-corrected chi connectivity index (χ2v) is 6.20. The van der Waals surface area contributed by atoms with E-state index in [4.69, 9.17) is 11.6 Å². The maximum absolute atomic E-state index is 12.6. The summed E-state index contributed by atoms with van der Waals surface area (Å²) in [5.41, 5.74) is 0.275. The number of hydrogen-bond acceptors (Lipinski definition) is 6. The summed E-state index contributed by atoms with van der Waals surface area (Å²) >= 11 is 7.47. The Bertz CT molecular complexity index is 692. The van der Waals surface area contributed by atoms with Gasteiger partial charge >= 0.3 is 0 Å². The molecule has 0 unspecified atom stereocenters. The molecule has 2 aromatic heterocycles. The molecule has 6 nitrogen and oxygen atoms in total. The van der Waals surface area contributed by atoms with E-state index in [9.17, 15) is 4.79 Å². The van der Waals surface area contributed by atoms with E-state index in [0.29, 0.717) is 23.3 Å². The van der Waals surface area contributed by atoms with Crippen LogP contribution >= 0.6 is 23.4 Å². The van der Waals surface area contributed by atoms with Crippen LogP contribution in [0.25, 0.3) is 0 Å². The third-order valence-corrected chi connectivity index (χ3v) is 4.49. The molecule has 1 saturated heterocycles. The van der Waals surface area contributed by atoms with Crippen molar-refractivity contribution in [1.29, 1.82) is 0 Å². The number of halogens is 1. The zero-order chi connectivity index (χ0) is 16.2. The van der Waals surface area contributed by atoms with Crippen molar-refractivity contribution in [3.8, 4) is 0 Å². The molecule has 0 radical (unpaired) electrons. The summed E-state index contributed by atoms with van der Waals surface area (Å²) in [5.74, 6) is 0.790. The first-order valence-corrected chi connectivity index (χ1v) is 8.81. The molecule has 23 heavy (non-hydrogen) atoms. The van der Waals surface area contributed by atoms with Gasteiger partial charge in [0.15, 0.2) is 10.9 Å². The molecule has 1 amide bonds. The van der Waals surface area contributed by atoms with Crippen molar-refractivity contribution in [1.82, 2.24) is 19.9 Å². The quantitative estimate of drug-likeness (QED) is 0.625. The first-order valence-electron chi connectivity index (χ1n) is 7.21. The van der Waals surface area contributed by atoms with Gasteiger partial charge in [0.2, 0.25) is 0 Å². The normalized spacial score (nSPS) is 14.9. The predicted molar refractivity (Wildman–Crippen MR) is 91.2 cm³/mol. The number of amides is 1. The first kappa shape index (κ1) is 16.0. The van der Waals surface area contributed by atoms with E-state index in [0.717, 1.165) is 18.9 Å². The van der Waals surface area contributed by atoms with Crippen molar-refractivity contribution in [3.05, 3.63) is 41.3 Å². The Morgan fingerprint density at radius 2 is 2.00 bits per heavy atom. The molecule has 0 aliphatic carbocycles. The maximum Gasteiger partial charge on any atom is 0.274 e. The van der Waals surface area contributed by atoms with E-state index in [1.165, 1.54) is 18.0 Å². The number of aromatic nitrogens is 3. The van der Waals surface area contributed by atoms with Crippen LogP contribution in [0.15, 0.2) is 35.7 Å². The Hall–Kier alpha value is -1.86. The van der Waals surface area contributed by atoms with Gasteiger partial charge < -0.3 is 9.80 Å². The fraction of sp³-hybridized carbons (Fsp3) is 0.333. The Balaban J connectivity index is 1.69. The summed E-state index contributed by atoms with van der Waals surface area (Å²) in [4.78, 5) is 29.2. The molecule has 8 heteroatoms. The van der Waals surface area contributed by atoms with Crippen LogP contribution in [0.5, 0.6) is 0 Å². The summed E-state index contributed by atoms with van der Waals surface area (Å²) < 4.78 is 0. The molecule has 0 atom stereocenters. The maximum atomic E-state index is 12.6. The second-order valence-electron chi connectivity index (χ2n) is 5.02. The van der Waals surface area contributed by atoms with Crippen molar-refractivity contribution < 1.29 is 4.79 Å². The SMILES string of the molecule is CSc1ncc(Cl)c(C(=O)N2CCN(c3ccccn3)CC2)n1. The van der Waals surface area contributed by atoms with Crippen molar-refractivity contribution >= 4 is 35.1 Å². The molecule has 0 bridgehead atoms. The highest BCUT2D eigenvalue weighted by Crippen LogP contribution is 2.20. The lowest BCUT2D eigenvalue weighted by Crippen LogP contribution is -2.49. The molecular weight excluding hydrogens is 334 g/mol. The largest absolute Gasteiger partial charge is 0.353 e. The average Bonchev–Trinajstić information content (AvgIpc) is 2.62. The van der Waals surface area contributed by atoms with Gasteiger partial charge in [-0.2, -0.15) is 0 Å². The third-order valence-electron chi connectivity index (χ3n) is 3.65. The highest BCUT2D eigenvalue weighted by Gasteiger charge is 2.25. The Kier molecular flexibility index (Phi) is 4.97. The fourth-order valence-electron chi connectivity index (χ4n) is 2.43. The van der Waals surface area contributed by atoms with Gasteiger partial charge in [-0.3, -0.25) is 4.79 Å². The number of thioether (sulfide) groups is 1. The standard InChI is InChI=1S/C15H16ClN5OS/c1-23-15-18-10-11(16)13(19-15)14(22)21-8-6-20(7-9-21)12-4-2-3-5-17-12/h2-5,10H,6-9H2,1H3. The van der Waals surface area contributed by atoms with Crippen LogP contribution in [0.3, 0.4) is 0 Å². The van der Waals surface area contributed by atoms with E-state index in [1.54, 1.807) is 11.1 Å². The molecule has 0 aromatic carbocycles. The zero-order valence-electron chi connectivity index (χ0n) is 12.6. The minimum atomic E-state index is -0.145. The lowest BCUT2D eigenvalue weighted by Gasteiger charge is -2.35. The van der Waals surface area contributed by atoms with Crippen molar-refractivity contribution in [2.24, 2.45) is 0 Å². The van der Waals surface area contributed by atoms with Gasteiger partial charge in [0.05, 0.1) is 11.2 Å². The van der Waals surface area contributed by atoms with Crippen LogP contribution in [-0.2, 0) is 0 Å². The Labute approximate surface area is 143 Å². The summed E-state index contributed by atoms with van der Waals surface area (Å²) in [7, 11) is 0. The zero-order valence-corrected chi connectivity index (χ0v) is 14.2. The second kappa shape index (κ2) is 7.14. The molecule has 2 aromatic rings. The molecule has 120 valence electrons. The summed E-state index contributed by atoms with van der Waals surface area (Å²) in [6, 6.07) is 5.83. The van der Waals surface area contributed by atoms with Crippen LogP contribution in [0.1, 0.15) is 10.5 Å². The van der Waals surface area contributed by atoms with Gasteiger partial charge in [-0.25, -0.2) is 15.0 Å². The first-order chi connectivity index (χ1) is 11.2. The molecule has 1 aliphatic rings. The number of anilines is 1. The van der Waals surface area contributed by atoms with E-state index in [-0.39, 0.29) is 11.6 Å². The van der Waals surface area contributed by atoms with Gasteiger partial charge in [-0.05, 0) is 18.4 Å². The molecule has 1 aliphatic heterocycles. The molecule has 0 saturated carbocycles. The Morgan fingerprint density at radius 3 is 2.65 bits per heavy atom. The highest BCUT2D eigenvalue weighted by atomic mass is 35.5. The van der Waals surface area contributed by atoms with E-state index in [1.807, 2.05) is 24.5 Å². The summed E-state index contributed by atoms with van der Waals surface area (Å²) in [5, 5.41) is 0.838. The Morgan fingerprint density at radius 1 is 1.22 bits per heavy atom. The van der Waals surface area contributed by atoms with Crippen LogP contribution in [-0.4, -0.2) is 58.2 Å². The van der Waals surface area contributed by atoms with E-state index >= 15 is 0 Å². The highest BCUT2D eigenvalue weighted by molar-refractivity contribution is 7.98. The van der Waals surface area contributed by atoms with Crippen molar-refractivity contribution in [2.45, 2.75) is 5.16 Å². The summed E-state index contributed by atoms with van der Waals surface area (Å²) in [6.45, 7) is 2.70. The van der Waals surface area contributed by atoms with Crippen LogP contribution in [0.4, 0.5) is 5.82 Å². The van der Waals surface area contributed by atoms with Crippen molar-refractivity contribution in [3.63, 3.8) is 0 Å². The lowest BCUT2D eigenvalue weighted by molar-refractivity contribution is 0.0739. The number of rotatable bonds is 3. The van der Waals surface area contributed by atoms with E-state index < -0.39 is 0 Å². The summed E-state index contributed by atoms with van der Waals surface area (Å²) in [6.07, 6.45) is 5.12. The number of piperazine rings is 1. The number of carbonyl (C=O) groups is 1. The number of nitrogens with zero attached hydrogens (tertiary/aromatic N) is 5. The van der Waals surface area contributed by atoms with Gasteiger partial charge in [-0.1, -0.05) is 29.4 Å².